The van der Waals surface area contributed by atoms with Crippen LogP contribution in [0.1, 0.15) is 36.5 Å². The first-order valence-corrected chi connectivity index (χ1v) is 6.43. The zero-order valence-corrected chi connectivity index (χ0v) is 11.0. The van der Waals surface area contributed by atoms with Crippen molar-refractivity contribution in [2.24, 2.45) is 5.41 Å². The SMILES string of the molecule is CC1(CO)CCCC1NC(=O)c1cc(F)c(F)c(F)c1. The molecule has 2 unspecified atom stereocenters. The summed E-state index contributed by atoms with van der Waals surface area (Å²) in [5, 5.41) is 12.0. The number of nitrogens with one attached hydrogen (secondary N) is 1. The molecule has 1 saturated carbocycles. The van der Waals surface area contributed by atoms with Crippen LogP contribution in [0, 0.1) is 22.9 Å². The predicted octanol–water partition coefficient (Wildman–Crippen LogP) is 2.38. The molecule has 1 aromatic rings. The molecule has 0 spiro atoms. The van der Waals surface area contributed by atoms with Gasteiger partial charge in [-0.25, -0.2) is 13.2 Å². The number of halogens is 3. The molecule has 2 N–H and O–H groups in total. The van der Waals surface area contributed by atoms with Gasteiger partial charge in [0.2, 0.25) is 0 Å². The number of hydrogen-bond donors (Lipinski definition) is 2. The van der Waals surface area contributed by atoms with Gasteiger partial charge in [-0.2, -0.15) is 0 Å². The molecule has 1 aromatic carbocycles. The van der Waals surface area contributed by atoms with E-state index < -0.39 is 28.8 Å². The highest BCUT2D eigenvalue weighted by molar-refractivity contribution is 5.94. The van der Waals surface area contributed by atoms with Crippen molar-refractivity contribution < 1.29 is 23.1 Å². The van der Waals surface area contributed by atoms with Crippen LogP contribution in [-0.2, 0) is 0 Å². The molecule has 1 amide bonds. The molecule has 0 heterocycles. The summed E-state index contributed by atoms with van der Waals surface area (Å²) in [6.45, 7) is 1.76. The molecule has 0 aromatic heterocycles. The van der Waals surface area contributed by atoms with Crippen LogP contribution in [0.2, 0.25) is 0 Å². The molecule has 110 valence electrons. The molecule has 0 saturated heterocycles. The fourth-order valence-corrected chi connectivity index (χ4v) is 2.60. The fraction of sp³-hybridized carbons (Fsp3) is 0.500. The Balaban J connectivity index is 2.17. The number of carbonyl (C=O) groups excluding carboxylic acids is 1. The molecule has 6 heteroatoms. The lowest BCUT2D eigenvalue weighted by molar-refractivity contribution is 0.0829. The summed E-state index contributed by atoms with van der Waals surface area (Å²) in [6, 6.07) is 1.06. The van der Waals surface area contributed by atoms with Gasteiger partial charge in [0.15, 0.2) is 17.5 Å². The predicted molar refractivity (Wildman–Crippen MR) is 66.6 cm³/mol. The summed E-state index contributed by atoms with van der Waals surface area (Å²) in [6.07, 6.45) is 2.31. The van der Waals surface area contributed by atoms with Gasteiger partial charge >= 0.3 is 0 Å². The smallest absolute Gasteiger partial charge is 0.251 e. The number of amides is 1. The van der Waals surface area contributed by atoms with E-state index in [1.165, 1.54) is 0 Å². The van der Waals surface area contributed by atoms with Gasteiger partial charge in [0.1, 0.15) is 0 Å². The van der Waals surface area contributed by atoms with E-state index in [4.69, 9.17) is 0 Å². The fourth-order valence-electron chi connectivity index (χ4n) is 2.60. The van der Waals surface area contributed by atoms with Crippen LogP contribution in [-0.4, -0.2) is 23.7 Å². The third-order valence-electron chi connectivity index (χ3n) is 3.99. The largest absolute Gasteiger partial charge is 0.396 e. The van der Waals surface area contributed by atoms with E-state index in [1.807, 2.05) is 6.92 Å². The maximum Gasteiger partial charge on any atom is 0.251 e. The van der Waals surface area contributed by atoms with Gasteiger partial charge in [0.25, 0.3) is 5.91 Å². The first kappa shape index (κ1) is 14.8. The lowest BCUT2D eigenvalue weighted by atomic mass is 9.85. The van der Waals surface area contributed by atoms with Crippen molar-refractivity contribution >= 4 is 5.91 Å². The summed E-state index contributed by atoms with van der Waals surface area (Å²) < 4.78 is 39.0. The standard InChI is InChI=1S/C14H16F3NO2/c1-14(7-19)4-2-3-11(14)18-13(20)8-5-9(15)12(17)10(16)6-8/h5-6,11,19H,2-4,7H2,1H3,(H,18,20). The average molecular weight is 287 g/mol. The van der Waals surface area contributed by atoms with Gasteiger partial charge in [0, 0.05) is 17.0 Å². The molecular formula is C14H16F3NO2. The maximum absolute atomic E-state index is 13.1. The van der Waals surface area contributed by atoms with Gasteiger partial charge < -0.3 is 10.4 Å². The van der Waals surface area contributed by atoms with Gasteiger partial charge in [0.05, 0.1) is 6.61 Å². The lowest BCUT2D eigenvalue weighted by Gasteiger charge is -2.30. The van der Waals surface area contributed by atoms with Crippen molar-refractivity contribution in [1.29, 1.82) is 0 Å². The van der Waals surface area contributed by atoms with Crippen LogP contribution >= 0.6 is 0 Å². The van der Waals surface area contributed by atoms with E-state index in [9.17, 15) is 23.1 Å². The van der Waals surface area contributed by atoms with Crippen molar-refractivity contribution in [3.63, 3.8) is 0 Å². The second kappa shape index (κ2) is 5.44. The zero-order valence-electron chi connectivity index (χ0n) is 11.0. The van der Waals surface area contributed by atoms with Crippen molar-refractivity contribution in [1.82, 2.24) is 5.32 Å². The monoisotopic (exact) mass is 287 g/mol. The van der Waals surface area contributed by atoms with Crippen molar-refractivity contribution in [3.05, 3.63) is 35.1 Å². The number of aliphatic hydroxyl groups is 1. The van der Waals surface area contributed by atoms with Crippen molar-refractivity contribution in [2.75, 3.05) is 6.61 Å². The zero-order chi connectivity index (χ0) is 14.9. The molecule has 1 aliphatic rings. The normalized spacial score (nSPS) is 25.8. The van der Waals surface area contributed by atoms with Crippen LogP contribution in [0.25, 0.3) is 0 Å². The highest BCUT2D eigenvalue weighted by Gasteiger charge is 2.39. The quantitative estimate of drug-likeness (QED) is 0.839. The van der Waals surface area contributed by atoms with Crippen LogP contribution in [0.3, 0.4) is 0 Å². The van der Waals surface area contributed by atoms with Crippen LogP contribution in [0.5, 0.6) is 0 Å². The third-order valence-corrected chi connectivity index (χ3v) is 3.99. The average Bonchev–Trinajstić information content (AvgIpc) is 2.77. The van der Waals surface area contributed by atoms with Crippen molar-refractivity contribution in [3.8, 4) is 0 Å². The molecule has 0 radical (unpaired) electrons. The molecular weight excluding hydrogens is 271 g/mol. The Labute approximate surface area is 114 Å². The summed E-state index contributed by atoms with van der Waals surface area (Å²) in [4.78, 5) is 12.0. The van der Waals surface area contributed by atoms with Gasteiger partial charge in [-0.3, -0.25) is 4.79 Å². The van der Waals surface area contributed by atoms with E-state index in [2.05, 4.69) is 5.32 Å². The molecule has 20 heavy (non-hydrogen) atoms. The van der Waals surface area contributed by atoms with Gasteiger partial charge in [-0.15, -0.1) is 0 Å². The summed E-state index contributed by atoms with van der Waals surface area (Å²) in [5.74, 6) is -5.06. The first-order valence-electron chi connectivity index (χ1n) is 6.43. The number of rotatable bonds is 3. The van der Waals surface area contributed by atoms with E-state index in [0.717, 1.165) is 12.8 Å². The van der Waals surface area contributed by atoms with Gasteiger partial charge in [-0.1, -0.05) is 13.3 Å². The Kier molecular flexibility index (Phi) is 4.04. The van der Waals surface area contributed by atoms with E-state index in [1.54, 1.807) is 0 Å². The van der Waals surface area contributed by atoms with Crippen LogP contribution < -0.4 is 5.32 Å². The molecule has 0 aliphatic heterocycles. The second-order valence-electron chi connectivity index (χ2n) is 5.48. The maximum atomic E-state index is 13.1. The Bertz CT molecular complexity index is 512. The second-order valence-corrected chi connectivity index (χ2v) is 5.48. The summed E-state index contributed by atoms with van der Waals surface area (Å²) >= 11 is 0. The van der Waals surface area contributed by atoms with Crippen LogP contribution in [0.4, 0.5) is 13.2 Å². The lowest BCUT2D eigenvalue weighted by Crippen LogP contribution is -2.44. The molecule has 0 bridgehead atoms. The Morgan fingerprint density at radius 1 is 1.40 bits per heavy atom. The Hall–Kier alpha value is -1.56. The number of carbonyl (C=O) groups is 1. The number of aliphatic hydroxyl groups excluding tert-OH is 1. The topological polar surface area (TPSA) is 49.3 Å². The first-order chi connectivity index (χ1) is 9.37. The minimum Gasteiger partial charge on any atom is -0.396 e. The van der Waals surface area contributed by atoms with Crippen molar-refractivity contribution in [2.45, 2.75) is 32.2 Å². The molecule has 2 rings (SSSR count). The highest BCUT2D eigenvalue weighted by Crippen LogP contribution is 2.37. The van der Waals surface area contributed by atoms with Crippen LogP contribution in [0.15, 0.2) is 12.1 Å². The Morgan fingerprint density at radius 2 is 2.00 bits per heavy atom. The minimum absolute atomic E-state index is 0.0793. The highest BCUT2D eigenvalue weighted by atomic mass is 19.2. The molecule has 2 atom stereocenters. The Morgan fingerprint density at radius 3 is 2.55 bits per heavy atom. The van der Waals surface area contributed by atoms with Gasteiger partial charge in [-0.05, 0) is 25.0 Å². The molecule has 1 fully saturated rings. The summed E-state index contributed by atoms with van der Waals surface area (Å²) in [7, 11) is 0. The van der Waals surface area contributed by atoms with E-state index in [-0.39, 0.29) is 18.2 Å². The number of benzene rings is 1. The van der Waals surface area contributed by atoms with E-state index in [0.29, 0.717) is 18.6 Å². The third kappa shape index (κ3) is 2.65. The molecule has 1 aliphatic carbocycles. The molecule has 3 nitrogen and oxygen atoms in total. The minimum atomic E-state index is -1.59. The number of hydrogen-bond acceptors (Lipinski definition) is 2. The summed E-state index contributed by atoms with van der Waals surface area (Å²) in [5.41, 5.74) is -0.708. The van der Waals surface area contributed by atoms with E-state index >= 15 is 0 Å².